The highest BCUT2D eigenvalue weighted by atomic mass is 16.5. The zero-order chi connectivity index (χ0) is 24.1. The monoisotopic (exact) mass is 464 g/mol. The third kappa shape index (κ3) is 5.14. The summed E-state index contributed by atoms with van der Waals surface area (Å²) in [5.74, 6) is 3.65. The van der Waals surface area contributed by atoms with E-state index in [1.54, 1.807) is 27.5 Å². The molecule has 0 radical (unpaired) electrons. The molecule has 1 fully saturated rings. The molecule has 1 aliphatic rings. The lowest BCUT2D eigenvalue weighted by atomic mass is 10.0. The van der Waals surface area contributed by atoms with Crippen LogP contribution in [0.1, 0.15) is 13.8 Å². The molecule has 180 valence electrons. The molecule has 1 unspecified atom stereocenters. The van der Waals surface area contributed by atoms with Crippen molar-refractivity contribution in [3.05, 3.63) is 42.7 Å². The molecule has 3 aromatic rings. The predicted octanol–water partition coefficient (Wildman–Crippen LogP) is 3.74. The van der Waals surface area contributed by atoms with Gasteiger partial charge >= 0.3 is 0 Å². The number of aromatic nitrogens is 3. The second-order valence-electron chi connectivity index (χ2n) is 8.46. The quantitative estimate of drug-likeness (QED) is 0.517. The first kappa shape index (κ1) is 23.6. The van der Waals surface area contributed by atoms with E-state index in [-0.39, 0.29) is 0 Å². The van der Waals surface area contributed by atoms with Gasteiger partial charge in [-0.3, -0.25) is 0 Å². The van der Waals surface area contributed by atoms with E-state index in [2.05, 4.69) is 51.5 Å². The van der Waals surface area contributed by atoms with Crippen molar-refractivity contribution in [3.63, 3.8) is 0 Å². The maximum atomic E-state index is 5.43. The summed E-state index contributed by atoms with van der Waals surface area (Å²) in [7, 11) is 4.74. The number of rotatable bonds is 8. The number of nitrogens with one attached hydrogen (secondary N) is 2. The molecule has 0 bridgehead atoms. The van der Waals surface area contributed by atoms with Gasteiger partial charge < -0.3 is 29.7 Å². The summed E-state index contributed by atoms with van der Waals surface area (Å²) >= 11 is 0. The Morgan fingerprint density at radius 3 is 2.41 bits per heavy atom. The van der Waals surface area contributed by atoms with Crippen LogP contribution in [0.2, 0.25) is 0 Å². The molecule has 34 heavy (non-hydrogen) atoms. The zero-order valence-electron chi connectivity index (χ0n) is 20.3. The predicted molar refractivity (Wildman–Crippen MR) is 133 cm³/mol. The molecule has 0 amide bonds. The third-order valence-corrected chi connectivity index (χ3v) is 5.95. The molecule has 9 nitrogen and oxygen atoms in total. The van der Waals surface area contributed by atoms with Crippen LogP contribution < -0.4 is 29.7 Å². The molecular formula is C25H32N6O3. The summed E-state index contributed by atoms with van der Waals surface area (Å²) < 4.78 is 16.2. The lowest BCUT2D eigenvalue weighted by molar-refractivity contribution is 0.324. The molecular weight excluding hydrogens is 432 g/mol. The number of methoxy groups -OCH3 is 3. The average Bonchev–Trinajstić information content (AvgIpc) is 2.88. The molecule has 9 heteroatoms. The fourth-order valence-corrected chi connectivity index (χ4v) is 4.02. The first-order valence-corrected chi connectivity index (χ1v) is 11.4. The number of piperazine rings is 1. The van der Waals surface area contributed by atoms with Crippen molar-refractivity contribution in [2.45, 2.75) is 19.9 Å². The second kappa shape index (κ2) is 10.6. The second-order valence-corrected chi connectivity index (χ2v) is 8.46. The number of nitrogens with zero attached hydrogens (tertiary/aromatic N) is 4. The smallest absolute Gasteiger partial charge is 0.227 e. The molecule has 3 heterocycles. The van der Waals surface area contributed by atoms with E-state index in [1.807, 2.05) is 24.4 Å². The zero-order valence-corrected chi connectivity index (χ0v) is 20.3. The number of pyridine rings is 1. The van der Waals surface area contributed by atoms with E-state index in [1.165, 1.54) is 0 Å². The van der Waals surface area contributed by atoms with E-state index in [9.17, 15) is 0 Å². The Hall–Kier alpha value is -3.59. The first-order valence-electron chi connectivity index (χ1n) is 11.4. The van der Waals surface area contributed by atoms with Crippen LogP contribution in [0, 0.1) is 5.92 Å². The van der Waals surface area contributed by atoms with E-state index in [0.717, 1.165) is 42.4 Å². The lowest BCUT2D eigenvalue weighted by Crippen LogP contribution is -2.53. The molecule has 2 N–H and O–H groups in total. The van der Waals surface area contributed by atoms with Crippen molar-refractivity contribution in [2.75, 3.05) is 51.2 Å². The minimum atomic E-state index is 0.456. The number of hydrogen-bond acceptors (Lipinski definition) is 9. The summed E-state index contributed by atoms with van der Waals surface area (Å²) in [6.45, 7) is 7.37. The van der Waals surface area contributed by atoms with Gasteiger partial charge in [-0.2, -0.15) is 0 Å². The van der Waals surface area contributed by atoms with E-state index < -0.39 is 0 Å². The summed E-state index contributed by atoms with van der Waals surface area (Å²) in [5.41, 5.74) is 2.43. The van der Waals surface area contributed by atoms with Crippen LogP contribution in [0.25, 0.3) is 11.3 Å². The van der Waals surface area contributed by atoms with Crippen LogP contribution in [0.4, 0.5) is 17.5 Å². The summed E-state index contributed by atoms with van der Waals surface area (Å²) in [6.07, 6.45) is 3.59. The van der Waals surface area contributed by atoms with Gasteiger partial charge in [0.1, 0.15) is 5.82 Å². The van der Waals surface area contributed by atoms with Crippen molar-refractivity contribution >= 4 is 17.5 Å². The SMILES string of the molecule is COc1cc(Nc2nccc(-c3ccc(N4CCNC(C(C)C)C4)nc3)n2)cc(OC)c1OC. The number of benzene rings is 1. The average molecular weight is 465 g/mol. The first-order chi connectivity index (χ1) is 16.5. The van der Waals surface area contributed by atoms with Gasteiger partial charge in [-0.25, -0.2) is 15.0 Å². The lowest BCUT2D eigenvalue weighted by Gasteiger charge is -2.36. The van der Waals surface area contributed by atoms with Crippen molar-refractivity contribution in [3.8, 4) is 28.5 Å². The van der Waals surface area contributed by atoms with Gasteiger partial charge in [-0.1, -0.05) is 13.8 Å². The third-order valence-electron chi connectivity index (χ3n) is 5.95. The van der Waals surface area contributed by atoms with Crippen LogP contribution in [0.15, 0.2) is 42.7 Å². The highest BCUT2D eigenvalue weighted by Crippen LogP contribution is 2.40. The molecule has 0 aliphatic carbocycles. The number of anilines is 3. The van der Waals surface area contributed by atoms with Crippen LogP contribution in [-0.4, -0.2) is 62.0 Å². The Morgan fingerprint density at radius 1 is 1.03 bits per heavy atom. The topological polar surface area (TPSA) is 93.7 Å². The minimum Gasteiger partial charge on any atom is -0.493 e. The van der Waals surface area contributed by atoms with E-state index in [4.69, 9.17) is 19.2 Å². The van der Waals surface area contributed by atoms with Crippen LogP contribution in [0.5, 0.6) is 17.2 Å². The van der Waals surface area contributed by atoms with Gasteiger partial charge in [-0.15, -0.1) is 0 Å². The molecule has 1 aromatic carbocycles. The number of ether oxygens (including phenoxy) is 3. The fraction of sp³-hybridized carbons (Fsp3) is 0.400. The summed E-state index contributed by atoms with van der Waals surface area (Å²) in [4.78, 5) is 16.1. The fourth-order valence-electron chi connectivity index (χ4n) is 4.02. The molecule has 0 spiro atoms. The Labute approximate surface area is 200 Å². The summed E-state index contributed by atoms with van der Waals surface area (Å²) in [5, 5.41) is 6.81. The standard InChI is InChI=1S/C25H32N6O3/c1-16(2)20-15-31(11-10-26-20)23-7-6-17(14-28-23)19-8-9-27-25(30-19)29-18-12-21(32-3)24(34-5)22(13-18)33-4/h6-9,12-14,16,20,26H,10-11,15H2,1-5H3,(H,27,29,30). The molecule has 1 atom stereocenters. The Balaban J connectivity index is 1.52. The van der Waals surface area contributed by atoms with Crippen LogP contribution in [-0.2, 0) is 0 Å². The highest BCUT2D eigenvalue weighted by molar-refractivity contribution is 5.67. The van der Waals surface area contributed by atoms with Crippen molar-refractivity contribution in [1.82, 2.24) is 20.3 Å². The largest absolute Gasteiger partial charge is 0.493 e. The van der Waals surface area contributed by atoms with Crippen molar-refractivity contribution < 1.29 is 14.2 Å². The maximum absolute atomic E-state index is 5.43. The Kier molecular flexibility index (Phi) is 7.32. The van der Waals surface area contributed by atoms with Gasteiger partial charge in [0.2, 0.25) is 11.7 Å². The number of hydrogen-bond donors (Lipinski definition) is 2. The van der Waals surface area contributed by atoms with Crippen molar-refractivity contribution in [2.24, 2.45) is 5.92 Å². The van der Waals surface area contributed by atoms with Crippen LogP contribution in [0.3, 0.4) is 0 Å². The van der Waals surface area contributed by atoms with Crippen LogP contribution >= 0.6 is 0 Å². The van der Waals surface area contributed by atoms with Gasteiger partial charge in [0.25, 0.3) is 0 Å². The maximum Gasteiger partial charge on any atom is 0.227 e. The minimum absolute atomic E-state index is 0.456. The van der Waals surface area contributed by atoms with E-state index >= 15 is 0 Å². The molecule has 1 aliphatic heterocycles. The van der Waals surface area contributed by atoms with Gasteiger partial charge in [0, 0.05) is 61.5 Å². The molecule has 0 saturated carbocycles. The van der Waals surface area contributed by atoms with Gasteiger partial charge in [-0.05, 0) is 24.1 Å². The highest BCUT2D eigenvalue weighted by Gasteiger charge is 2.22. The molecule has 1 saturated heterocycles. The molecule has 2 aromatic heterocycles. The molecule has 4 rings (SSSR count). The van der Waals surface area contributed by atoms with Gasteiger partial charge in [0.05, 0.1) is 27.0 Å². The van der Waals surface area contributed by atoms with Gasteiger partial charge in [0.15, 0.2) is 11.5 Å². The Morgan fingerprint density at radius 2 is 1.79 bits per heavy atom. The van der Waals surface area contributed by atoms with E-state index in [0.29, 0.717) is 35.2 Å². The normalized spacial score (nSPS) is 15.8. The summed E-state index contributed by atoms with van der Waals surface area (Å²) in [6, 6.07) is 10.1. The Bertz CT molecular complexity index is 1080. The van der Waals surface area contributed by atoms with Crippen molar-refractivity contribution in [1.29, 1.82) is 0 Å².